The maximum absolute atomic E-state index is 4.37. The summed E-state index contributed by atoms with van der Waals surface area (Å²) in [6.07, 6.45) is 9.18. The monoisotopic (exact) mass is 281 g/mol. The summed E-state index contributed by atoms with van der Waals surface area (Å²) in [4.78, 5) is 0. The van der Waals surface area contributed by atoms with Crippen LogP contribution in [0.2, 0.25) is 0 Å². The summed E-state index contributed by atoms with van der Waals surface area (Å²) in [5.74, 6) is 0.863. The number of nitrogens with zero attached hydrogens (tertiary/aromatic N) is 2. The number of aromatic nitrogens is 2. The number of hydrogen-bond donors (Lipinski definition) is 1. The minimum atomic E-state index is 0.190. The van der Waals surface area contributed by atoms with E-state index in [1.807, 2.05) is 11.3 Å². The summed E-state index contributed by atoms with van der Waals surface area (Å²) in [5.41, 5.74) is 0.190. The minimum Gasteiger partial charge on any atom is -0.312 e. The van der Waals surface area contributed by atoms with Gasteiger partial charge in [0.05, 0.1) is 0 Å². The Kier molecular flexibility index (Phi) is 5.34. The Morgan fingerprint density at radius 2 is 1.79 bits per heavy atom. The Hall–Kier alpha value is -0.480. The third-order valence-corrected chi connectivity index (χ3v) is 4.70. The lowest BCUT2D eigenvalue weighted by Gasteiger charge is -2.20. The van der Waals surface area contributed by atoms with Crippen LogP contribution in [0.15, 0.2) is 0 Å². The van der Waals surface area contributed by atoms with E-state index in [-0.39, 0.29) is 5.54 Å². The van der Waals surface area contributed by atoms with E-state index in [9.17, 15) is 0 Å². The highest BCUT2D eigenvalue weighted by Gasteiger charge is 2.16. The lowest BCUT2D eigenvalue weighted by atomic mass is 9.87. The van der Waals surface area contributed by atoms with Gasteiger partial charge in [0.2, 0.25) is 0 Å². The van der Waals surface area contributed by atoms with Gasteiger partial charge in [0.25, 0.3) is 0 Å². The van der Waals surface area contributed by atoms with E-state index in [1.165, 1.54) is 42.1 Å². The molecule has 1 aromatic rings. The predicted octanol–water partition coefficient (Wildman–Crippen LogP) is 3.59. The van der Waals surface area contributed by atoms with E-state index < -0.39 is 0 Å². The van der Waals surface area contributed by atoms with Gasteiger partial charge in [-0.3, -0.25) is 0 Å². The van der Waals surface area contributed by atoms with Crippen LogP contribution in [0.5, 0.6) is 0 Å². The zero-order valence-corrected chi connectivity index (χ0v) is 13.4. The van der Waals surface area contributed by atoms with Crippen molar-refractivity contribution in [3.63, 3.8) is 0 Å². The molecule has 1 fully saturated rings. The van der Waals surface area contributed by atoms with E-state index in [2.05, 4.69) is 36.3 Å². The third-order valence-electron chi connectivity index (χ3n) is 3.69. The molecule has 0 bridgehead atoms. The molecule has 108 valence electrons. The van der Waals surface area contributed by atoms with E-state index in [1.54, 1.807) is 0 Å². The molecule has 1 aromatic heterocycles. The molecule has 0 radical (unpaired) electrons. The van der Waals surface area contributed by atoms with Crippen molar-refractivity contribution in [1.82, 2.24) is 15.5 Å². The van der Waals surface area contributed by atoms with E-state index >= 15 is 0 Å². The van der Waals surface area contributed by atoms with Gasteiger partial charge in [-0.2, -0.15) is 0 Å². The zero-order chi connectivity index (χ0) is 13.7. The largest absolute Gasteiger partial charge is 0.312 e. The smallest absolute Gasteiger partial charge is 0.118 e. The normalized spacial score (nSPS) is 17.8. The summed E-state index contributed by atoms with van der Waals surface area (Å²) in [7, 11) is 0. The molecule has 1 saturated carbocycles. The maximum atomic E-state index is 4.37. The summed E-state index contributed by atoms with van der Waals surface area (Å²) in [6, 6.07) is 0. The summed E-state index contributed by atoms with van der Waals surface area (Å²) >= 11 is 1.81. The highest BCUT2D eigenvalue weighted by molar-refractivity contribution is 7.11. The molecule has 0 atom stereocenters. The molecule has 1 heterocycles. The van der Waals surface area contributed by atoms with Crippen molar-refractivity contribution in [2.24, 2.45) is 5.92 Å². The molecule has 3 nitrogen and oxygen atoms in total. The molecule has 0 amide bonds. The van der Waals surface area contributed by atoms with E-state index in [4.69, 9.17) is 0 Å². The van der Waals surface area contributed by atoms with Gasteiger partial charge in [0.15, 0.2) is 0 Å². The highest BCUT2D eigenvalue weighted by Crippen LogP contribution is 2.27. The van der Waals surface area contributed by atoms with Crippen molar-refractivity contribution in [3.05, 3.63) is 10.0 Å². The van der Waals surface area contributed by atoms with Crippen LogP contribution >= 0.6 is 11.3 Å². The van der Waals surface area contributed by atoms with Gasteiger partial charge >= 0.3 is 0 Å². The molecule has 1 aliphatic rings. The van der Waals surface area contributed by atoms with Crippen LogP contribution in [0.25, 0.3) is 0 Å². The van der Waals surface area contributed by atoms with Crippen LogP contribution in [-0.4, -0.2) is 22.3 Å². The van der Waals surface area contributed by atoms with Crippen molar-refractivity contribution in [1.29, 1.82) is 0 Å². The van der Waals surface area contributed by atoms with Gasteiger partial charge in [-0.25, -0.2) is 0 Å². The molecule has 0 unspecified atom stereocenters. The molecule has 0 spiro atoms. The Labute approximate surface area is 121 Å². The van der Waals surface area contributed by atoms with Crippen LogP contribution in [0.4, 0.5) is 0 Å². The first-order valence-corrected chi connectivity index (χ1v) is 8.41. The molecule has 1 N–H and O–H groups in total. The second-order valence-corrected chi connectivity index (χ2v) is 7.87. The quantitative estimate of drug-likeness (QED) is 0.896. The molecule has 0 aromatic carbocycles. The lowest BCUT2D eigenvalue weighted by molar-refractivity contribution is 0.356. The van der Waals surface area contributed by atoms with Crippen molar-refractivity contribution in [2.45, 2.75) is 71.3 Å². The lowest BCUT2D eigenvalue weighted by Crippen LogP contribution is -2.37. The van der Waals surface area contributed by atoms with Crippen molar-refractivity contribution in [3.8, 4) is 0 Å². The second kappa shape index (κ2) is 6.80. The van der Waals surface area contributed by atoms with Gasteiger partial charge in [-0.15, -0.1) is 21.5 Å². The number of hydrogen-bond acceptors (Lipinski definition) is 4. The van der Waals surface area contributed by atoms with Crippen molar-refractivity contribution < 1.29 is 0 Å². The van der Waals surface area contributed by atoms with Crippen LogP contribution in [0, 0.1) is 5.92 Å². The predicted molar refractivity (Wildman–Crippen MR) is 81.6 cm³/mol. The van der Waals surface area contributed by atoms with Crippen LogP contribution in [-0.2, 0) is 12.8 Å². The second-order valence-electron chi connectivity index (χ2n) is 6.72. The van der Waals surface area contributed by atoms with Crippen LogP contribution in [0.3, 0.4) is 0 Å². The summed E-state index contributed by atoms with van der Waals surface area (Å²) < 4.78 is 0. The van der Waals surface area contributed by atoms with E-state index in [0.29, 0.717) is 0 Å². The summed E-state index contributed by atoms with van der Waals surface area (Å²) in [5, 5.41) is 14.6. The Balaban J connectivity index is 1.75. The fourth-order valence-corrected chi connectivity index (χ4v) is 3.61. The fraction of sp³-hybridized carbons (Fsp3) is 0.867. The molecule has 4 heteroatoms. The van der Waals surface area contributed by atoms with Crippen molar-refractivity contribution >= 4 is 11.3 Å². The zero-order valence-electron chi connectivity index (χ0n) is 12.5. The van der Waals surface area contributed by atoms with Gasteiger partial charge in [0, 0.05) is 24.9 Å². The average Bonchev–Trinajstić information content (AvgIpc) is 2.76. The van der Waals surface area contributed by atoms with Gasteiger partial charge in [-0.1, -0.05) is 32.1 Å². The van der Waals surface area contributed by atoms with Crippen molar-refractivity contribution in [2.75, 3.05) is 6.54 Å². The number of rotatable bonds is 5. The Bertz CT molecular complexity index is 375. The molecule has 0 saturated heterocycles. The average molecular weight is 281 g/mol. The first-order chi connectivity index (χ1) is 9.03. The standard InChI is InChI=1S/C15H27N3S/c1-15(2,3)16-10-9-13-17-18-14(19-13)11-12-7-5-4-6-8-12/h12,16H,4-11H2,1-3H3. The van der Waals surface area contributed by atoms with E-state index in [0.717, 1.165) is 25.3 Å². The molecule has 0 aliphatic heterocycles. The molecular weight excluding hydrogens is 254 g/mol. The molecule has 1 aliphatic carbocycles. The first-order valence-electron chi connectivity index (χ1n) is 7.59. The third kappa shape index (κ3) is 5.57. The van der Waals surface area contributed by atoms with Gasteiger partial charge in [-0.05, 0) is 26.7 Å². The van der Waals surface area contributed by atoms with Crippen LogP contribution in [0.1, 0.15) is 62.9 Å². The summed E-state index contributed by atoms with van der Waals surface area (Å²) in [6.45, 7) is 7.58. The minimum absolute atomic E-state index is 0.190. The Morgan fingerprint density at radius 3 is 2.47 bits per heavy atom. The molecular formula is C15H27N3S. The number of nitrogens with one attached hydrogen (secondary N) is 1. The van der Waals surface area contributed by atoms with Gasteiger partial charge in [0.1, 0.15) is 10.0 Å². The Morgan fingerprint density at radius 1 is 1.11 bits per heavy atom. The maximum Gasteiger partial charge on any atom is 0.118 e. The SMILES string of the molecule is CC(C)(C)NCCc1nnc(CC2CCCCC2)s1. The fourth-order valence-electron chi connectivity index (χ4n) is 2.65. The topological polar surface area (TPSA) is 37.8 Å². The highest BCUT2D eigenvalue weighted by atomic mass is 32.1. The van der Waals surface area contributed by atoms with Gasteiger partial charge < -0.3 is 5.32 Å². The molecule has 19 heavy (non-hydrogen) atoms. The molecule has 2 rings (SSSR count). The van der Waals surface area contributed by atoms with Crippen LogP contribution < -0.4 is 5.32 Å². The first kappa shape index (κ1) is 14.9.